The predicted octanol–water partition coefficient (Wildman–Crippen LogP) is -2.36. The number of hydrogen-bond acceptors (Lipinski definition) is 2. The Morgan fingerprint density at radius 1 is 1.44 bits per heavy atom. The number of rotatable bonds is 0. The quantitative estimate of drug-likeness (QED) is 0.299. The van der Waals surface area contributed by atoms with E-state index in [0.29, 0.717) is 0 Å². The fraction of sp³-hybridized carbons (Fsp3) is 0. The molecular weight excluding hydrogens is 195 g/mol. The Balaban J connectivity index is -0.00000000848. The minimum absolute atomic E-state index is 0. The molecule has 0 aliphatic carbocycles. The van der Waals surface area contributed by atoms with Crippen LogP contribution in [0.15, 0.2) is 0 Å². The van der Waals surface area contributed by atoms with E-state index < -0.39 is 26.8 Å². The molecule has 0 amide bonds. The summed E-state index contributed by atoms with van der Waals surface area (Å²) < 4.78 is 38.5. The molecule has 9 heavy (non-hydrogen) atoms. The molecule has 0 atom stereocenters. The van der Waals surface area contributed by atoms with Crippen molar-refractivity contribution >= 4 is 64.6 Å². The SMILES string of the molecule is O.O=S(O)O.[Ca+2].[H-].[H-].[O]=[Al][OH]. The molecule has 54 valence electrons. The van der Waals surface area contributed by atoms with Crippen molar-refractivity contribution in [2.45, 2.75) is 0 Å². The summed E-state index contributed by atoms with van der Waals surface area (Å²) in [5.41, 5.74) is 0. The van der Waals surface area contributed by atoms with E-state index in [-0.39, 0.29) is 46.1 Å². The zero-order chi connectivity index (χ0) is 6.28. The molecule has 6 nitrogen and oxygen atoms in total. The van der Waals surface area contributed by atoms with Crippen molar-refractivity contribution < 1.29 is 29.6 Å². The Hall–Kier alpha value is 1.42. The van der Waals surface area contributed by atoms with Crippen molar-refractivity contribution in [1.29, 1.82) is 0 Å². The average molecular weight is 202 g/mol. The van der Waals surface area contributed by atoms with Gasteiger partial charge in [0, 0.05) is 0 Å². The zero-order valence-corrected chi connectivity index (χ0v) is 8.53. The van der Waals surface area contributed by atoms with Gasteiger partial charge in [0.1, 0.15) is 0 Å². The molecule has 0 aliphatic rings. The van der Waals surface area contributed by atoms with Crippen molar-refractivity contribution in [2.75, 3.05) is 0 Å². The molecule has 0 heterocycles. The van der Waals surface area contributed by atoms with Crippen molar-refractivity contribution in [1.82, 2.24) is 0 Å². The van der Waals surface area contributed by atoms with Gasteiger partial charge in [0.15, 0.2) is 0 Å². The van der Waals surface area contributed by atoms with Gasteiger partial charge in [-0.25, -0.2) is 0 Å². The summed E-state index contributed by atoms with van der Waals surface area (Å²) in [6.45, 7) is 0. The average Bonchev–Trinajstić information content (AvgIpc) is 1.33. The third-order valence-electron chi connectivity index (χ3n) is 0. The van der Waals surface area contributed by atoms with Crippen LogP contribution in [0.4, 0.5) is 0 Å². The van der Waals surface area contributed by atoms with Crippen LogP contribution >= 0.6 is 0 Å². The molecule has 0 fully saturated rings. The molecule has 0 aromatic rings. The van der Waals surface area contributed by atoms with Crippen LogP contribution < -0.4 is 0 Å². The van der Waals surface area contributed by atoms with E-state index in [9.17, 15) is 0 Å². The van der Waals surface area contributed by atoms with Gasteiger partial charge in [-0.15, -0.1) is 0 Å². The molecule has 0 saturated heterocycles. The molecule has 0 spiro atoms. The second-order valence-electron chi connectivity index (χ2n) is 0.336. The number of hydrogen-bond donors (Lipinski definition) is 3. The van der Waals surface area contributed by atoms with Crippen LogP contribution in [0.2, 0.25) is 0 Å². The summed E-state index contributed by atoms with van der Waals surface area (Å²) in [4.78, 5) is 0. The molecule has 5 N–H and O–H groups in total. The van der Waals surface area contributed by atoms with E-state index in [2.05, 4.69) is 0 Å². The molecule has 0 saturated carbocycles. The third-order valence-corrected chi connectivity index (χ3v) is 0. The second-order valence-corrected chi connectivity index (χ2v) is 1.01. The van der Waals surface area contributed by atoms with Gasteiger partial charge >= 0.3 is 61.2 Å². The van der Waals surface area contributed by atoms with Crippen LogP contribution in [0.25, 0.3) is 0 Å². The van der Waals surface area contributed by atoms with Crippen molar-refractivity contribution in [3.8, 4) is 0 Å². The summed E-state index contributed by atoms with van der Waals surface area (Å²) >= 11 is -4.11. The van der Waals surface area contributed by atoms with Crippen molar-refractivity contribution in [3.63, 3.8) is 0 Å². The van der Waals surface area contributed by atoms with Crippen LogP contribution in [-0.4, -0.2) is 76.2 Å². The van der Waals surface area contributed by atoms with Gasteiger partial charge in [0.25, 0.3) is 11.4 Å². The Bertz CT molecular complexity index is 67.6. The maximum atomic E-state index is 8.67. The fourth-order valence-corrected chi connectivity index (χ4v) is 0. The normalized spacial score (nSPS) is 4.78. The van der Waals surface area contributed by atoms with E-state index in [0.717, 1.165) is 0 Å². The van der Waals surface area contributed by atoms with Crippen molar-refractivity contribution in [2.24, 2.45) is 0 Å². The third kappa shape index (κ3) is 257. The van der Waals surface area contributed by atoms with Gasteiger partial charge in [0.05, 0.1) is 0 Å². The standard InChI is InChI=1S/Al.Ca.H2O3S.2H2O.O.2H/c;;1-4(2)3;;;;;/h;;(H2,1,2,3);2*1H2;;;/q+1;+2;;;;;2*-1/p-1. The Kier molecular flexibility index (Phi) is 56.7. The summed E-state index contributed by atoms with van der Waals surface area (Å²) in [6.07, 6.45) is 0. The molecular formula is H7AlCaO6S. The first-order valence-electron chi connectivity index (χ1n) is 1.03. The van der Waals surface area contributed by atoms with Crippen LogP contribution in [0.5, 0.6) is 0 Å². The monoisotopic (exact) mass is 202 g/mol. The van der Waals surface area contributed by atoms with E-state index >= 15 is 0 Å². The summed E-state index contributed by atoms with van der Waals surface area (Å²) in [6, 6.07) is 0. The van der Waals surface area contributed by atoms with Crippen LogP contribution in [0, 0.1) is 0 Å². The first kappa shape index (κ1) is 22.4. The van der Waals surface area contributed by atoms with Crippen LogP contribution in [0.1, 0.15) is 2.85 Å². The summed E-state index contributed by atoms with van der Waals surface area (Å²) in [5.74, 6) is 0. The molecule has 0 aromatic carbocycles. The Morgan fingerprint density at radius 2 is 1.44 bits per heavy atom. The van der Waals surface area contributed by atoms with Gasteiger partial charge < -0.3 is 8.33 Å². The summed E-state index contributed by atoms with van der Waals surface area (Å²) in [5, 5.41) is 0. The van der Waals surface area contributed by atoms with E-state index in [4.69, 9.17) is 21.3 Å². The molecule has 0 unspecified atom stereocenters. The van der Waals surface area contributed by atoms with E-state index in [1.807, 2.05) is 0 Å². The minimum atomic E-state index is -2.61. The second kappa shape index (κ2) is 22.7. The Morgan fingerprint density at radius 3 is 1.44 bits per heavy atom. The van der Waals surface area contributed by atoms with E-state index in [1.54, 1.807) is 0 Å². The van der Waals surface area contributed by atoms with Gasteiger partial charge in [-0.1, -0.05) is 0 Å². The maximum absolute atomic E-state index is 8.67. The predicted molar refractivity (Wildman–Crippen MR) is 33.7 cm³/mol. The molecule has 0 rings (SSSR count). The molecule has 0 bridgehead atoms. The van der Waals surface area contributed by atoms with Gasteiger partial charge in [-0.2, -0.15) is 4.21 Å². The molecule has 0 aromatic heterocycles. The topological polar surface area (TPSA) is 126 Å². The van der Waals surface area contributed by atoms with Crippen molar-refractivity contribution in [3.05, 3.63) is 0 Å². The Labute approximate surface area is 93.3 Å². The van der Waals surface area contributed by atoms with Gasteiger partial charge in [-0.05, 0) is 0 Å². The first-order chi connectivity index (χ1) is 3.15. The van der Waals surface area contributed by atoms with E-state index in [1.165, 1.54) is 0 Å². The molecule has 0 radical (unpaired) electrons. The fourth-order valence-electron chi connectivity index (χ4n) is 0. The van der Waals surface area contributed by atoms with Gasteiger partial charge in [0.2, 0.25) is 0 Å². The first-order valence-corrected chi connectivity index (χ1v) is 3.08. The molecule has 0 aliphatic heterocycles. The van der Waals surface area contributed by atoms with Gasteiger partial charge in [-0.3, -0.25) is 9.11 Å². The zero-order valence-electron chi connectivity index (χ0n) is 6.35. The van der Waals surface area contributed by atoms with Crippen LogP contribution in [-0.2, 0) is 15.2 Å². The summed E-state index contributed by atoms with van der Waals surface area (Å²) in [7, 11) is 0. The van der Waals surface area contributed by atoms with Crippen LogP contribution in [0.3, 0.4) is 0 Å². The molecule has 9 heteroatoms.